The molecule has 1 heterocycles. The summed E-state index contributed by atoms with van der Waals surface area (Å²) in [6, 6.07) is 43.8. The highest BCUT2D eigenvalue weighted by atomic mass is 16.3. The van der Waals surface area contributed by atoms with Crippen LogP contribution in [0.25, 0.3) is 21.9 Å². The van der Waals surface area contributed by atoms with E-state index in [0.29, 0.717) is 0 Å². The van der Waals surface area contributed by atoms with Gasteiger partial charge < -0.3 is 14.6 Å². The first-order valence-corrected chi connectivity index (χ1v) is 11.0. The predicted molar refractivity (Wildman–Crippen MR) is 138 cm³/mol. The van der Waals surface area contributed by atoms with E-state index >= 15 is 0 Å². The number of para-hydroxylation sites is 3. The van der Waals surface area contributed by atoms with Crippen molar-refractivity contribution in [3.05, 3.63) is 127 Å². The highest BCUT2D eigenvalue weighted by Crippen LogP contribution is 2.36. The fourth-order valence-corrected chi connectivity index (χ4v) is 4.29. The van der Waals surface area contributed by atoms with Crippen LogP contribution in [0.3, 0.4) is 0 Å². The zero-order valence-corrected chi connectivity index (χ0v) is 18.0. The van der Waals surface area contributed by atoms with E-state index in [2.05, 4.69) is 101 Å². The van der Waals surface area contributed by atoms with Gasteiger partial charge in [-0.2, -0.15) is 0 Å². The molecule has 0 fully saturated rings. The number of nitrogens with one attached hydrogen (secondary N) is 1. The average molecular weight is 427 g/mol. The molecule has 3 heteroatoms. The van der Waals surface area contributed by atoms with Crippen molar-refractivity contribution in [1.29, 1.82) is 0 Å². The first-order chi connectivity index (χ1) is 16.3. The molecule has 0 bridgehead atoms. The van der Waals surface area contributed by atoms with Crippen LogP contribution >= 0.6 is 0 Å². The van der Waals surface area contributed by atoms with Crippen LogP contribution in [0.1, 0.15) is 0 Å². The van der Waals surface area contributed by atoms with Gasteiger partial charge in [-0.15, -0.1) is 0 Å². The van der Waals surface area contributed by atoms with Crippen molar-refractivity contribution in [1.82, 2.24) is 0 Å². The van der Waals surface area contributed by atoms with E-state index in [1.54, 1.807) is 0 Å². The molecule has 0 spiro atoms. The van der Waals surface area contributed by atoms with E-state index in [1.807, 2.05) is 36.4 Å². The number of rotatable bonds is 5. The van der Waals surface area contributed by atoms with Crippen LogP contribution in [-0.2, 0) is 0 Å². The summed E-state index contributed by atoms with van der Waals surface area (Å²) in [4.78, 5) is 2.26. The van der Waals surface area contributed by atoms with Crippen molar-refractivity contribution in [3.8, 4) is 0 Å². The van der Waals surface area contributed by atoms with Crippen LogP contribution in [0, 0.1) is 0 Å². The fraction of sp³-hybridized carbons (Fsp3) is 0. The van der Waals surface area contributed by atoms with Gasteiger partial charge in [0.2, 0.25) is 0 Å². The van der Waals surface area contributed by atoms with Gasteiger partial charge in [-0.05, 0) is 66.7 Å². The molecule has 5 aromatic carbocycles. The maximum Gasteiger partial charge on any atom is 0.135 e. The monoisotopic (exact) mass is 426 g/mol. The molecule has 0 aliphatic carbocycles. The Bertz CT molecular complexity index is 1500. The van der Waals surface area contributed by atoms with Crippen LogP contribution < -0.4 is 10.2 Å². The Hall–Kier alpha value is -4.50. The first-order valence-electron chi connectivity index (χ1n) is 11.0. The minimum atomic E-state index is 0.898. The minimum absolute atomic E-state index is 0.898. The molecule has 0 amide bonds. The van der Waals surface area contributed by atoms with Gasteiger partial charge in [0, 0.05) is 39.2 Å². The molecule has 0 atom stereocenters. The summed E-state index contributed by atoms with van der Waals surface area (Å²) in [5, 5.41) is 5.82. The third-order valence-corrected chi connectivity index (χ3v) is 5.80. The van der Waals surface area contributed by atoms with E-state index in [-0.39, 0.29) is 0 Å². The van der Waals surface area contributed by atoms with E-state index in [1.165, 1.54) is 0 Å². The highest BCUT2D eigenvalue weighted by molar-refractivity contribution is 6.06. The number of anilines is 5. The topological polar surface area (TPSA) is 28.4 Å². The van der Waals surface area contributed by atoms with Gasteiger partial charge in [-0.3, -0.25) is 0 Å². The second-order valence-electron chi connectivity index (χ2n) is 7.99. The quantitative estimate of drug-likeness (QED) is 0.298. The number of furan rings is 1. The standard InChI is InChI=1S/C30H22N2O/c1-3-11-24(12-4-1)32(25-13-5-2-6-14-25)26-15-9-10-22(20-26)31-23-18-19-30-28(21-23)27-16-7-8-17-29(27)33-30/h1-21,31H. The largest absolute Gasteiger partial charge is 0.456 e. The Balaban J connectivity index is 1.38. The van der Waals surface area contributed by atoms with Gasteiger partial charge in [-0.25, -0.2) is 0 Å². The Labute approximate surface area is 192 Å². The fourth-order valence-electron chi connectivity index (χ4n) is 4.29. The van der Waals surface area contributed by atoms with E-state index in [9.17, 15) is 0 Å². The van der Waals surface area contributed by atoms with Gasteiger partial charge >= 0.3 is 0 Å². The summed E-state index contributed by atoms with van der Waals surface area (Å²) in [5.41, 5.74) is 7.18. The molecule has 6 aromatic rings. The van der Waals surface area contributed by atoms with Gasteiger partial charge in [0.15, 0.2) is 0 Å². The van der Waals surface area contributed by atoms with Gasteiger partial charge in [0.05, 0.1) is 0 Å². The lowest BCUT2D eigenvalue weighted by molar-refractivity contribution is 0.669. The van der Waals surface area contributed by atoms with Crippen LogP contribution in [0.2, 0.25) is 0 Å². The predicted octanol–water partition coefficient (Wildman–Crippen LogP) is 8.80. The zero-order chi connectivity index (χ0) is 22.0. The number of benzene rings is 5. The van der Waals surface area contributed by atoms with Crippen LogP contribution in [0.5, 0.6) is 0 Å². The van der Waals surface area contributed by atoms with Crippen molar-refractivity contribution < 1.29 is 4.42 Å². The Morgan fingerprint density at radius 1 is 0.455 bits per heavy atom. The summed E-state index contributed by atoms with van der Waals surface area (Å²) in [6.45, 7) is 0. The third kappa shape index (κ3) is 3.70. The molecule has 33 heavy (non-hydrogen) atoms. The molecule has 0 saturated heterocycles. The van der Waals surface area contributed by atoms with E-state index in [4.69, 9.17) is 4.42 Å². The maximum absolute atomic E-state index is 5.97. The lowest BCUT2D eigenvalue weighted by Gasteiger charge is -2.26. The molecule has 1 aromatic heterocycles. The first kappa shape index (κ1) is 19.2. The molecule has 0 unspecified atom stereocenters. The average Bonchev–Trinajstić information content (AvgIpc) is 3.24. The lowest BCUT2D eigenvalue weighted by atomic mass is 10.1. The van der Waals surface area contributed by atoms with Crippen molar-refractivity contribution in [2.75, 3.05) is 10.2 Å². The van der Waals surface area contributed by atoms with Crippen molar-refractivity contribution in [3.63, 3.8) is 0 Å². The molecule has 158 valence electrons. The second kappa shape index (κ2) is 8.21. The minimum Gasteiger partial charge on any atom is -0.456 e. The van der Waals surface area contributed by atoms with E-state index in [0.717, 1.165) is 50.4 Å². The molecule has 0 radical (unpaired) electrons. The normalized spacial score (nSPS) is 11.0. The summed E-state index contributed by atoms with van der Waals surface area (Å²) >= 11 is 0. The second-order valence-corrected chi connectivity index (χ2v) is 7.99. The smallest absolute Gasteiger partial charge is 0.135 e. The number of fused-ring (bicyclic) bond motifs is 3. The number of hydrogen-bond donors (Lipinski definition) is 1. The van der Waals surface area contributed by atoms with Crippen LogP contribution in [-0.4, -0.2) is 0 Å². The zero-order valence-electron chi connectivity index (χ0n) is 18.0. The van der Waals surface area contributed by atoms with Crippen molar-refractivity contribution >= 4 is 50.4 Å². The van der Waals surface area contributed by atoms with Gasteiger partial charge in [0.25, 0.3) is 0 Å². The highest BCUT2D eigenvalue weighted by Gasteiger charge is 2.13. The molecule has 3 nitrogen and oxygen atoms in total. The summed E-state index contributed by atoms with van der Waals surface area (Å²) in [6.07, 6.45) is 0. The van der Waals surface area contributed by atoms with Gasteiger partial charge in [-0.1, -0.05) is 60.7 Å². The van der Waals surface area contributed by atoms with Gasteiger partial charge in [0.1, 0.15) is 11.2 Å². The molecule has 6 rings (SSSR count). The lowest BCUT2D eigenvalue weighted by Crippen LogP contribution is -2.09. The Morgan fingerprint density at radius 3 is 1.82 bits per heavy atom. The summed E-state index contributed by atoms with van der Waals surface area (Å²) in [7, 11) is 0. The molecule has 0 aliphatic rings. The molecule has 1 N–H and O–H groups in total. The molecule has 0 aliphatic heterocycles. The molecular formula is C30H22N2O. The third-order valence-electron chi connectivity index (χ3n) is 5.80. The summed E-state index contributed by atoms with van der Waals surface area (Å²) in [5.74, 6) is 0. The number of hydrogen-bond acceptors (Lipinski definition) is 3. The Kier molecular flexibility index (Phi) is 4.78. The maximum atomic E-state index is 5.97. The van der Waals surface area contributed by atoms with Crippen LogP contribution in [0.15, 0.2) is 132 Å². The van der Waals surface area contributed by atoms with E-state index < -0.39 is 0 Å². The number of nitrogens with zero attached hydrogens (tertiary/aromatic N) is 1. The Morgan fingerprint density at radius 2 is 1.06 bits per heavy atom. The SMILES string of the molecule is c1ccc(N(c2ccccc2)c2cccc(Nc3ccc4oc5ccccc5c4c3)c2)cc1. The van der Waals surface area contributed by atoms with Crippen molar-refractivity contribution in [2.24, 2.45) is 0 Å². The molecular weight excluding hydrogens is 404 g/mol. The van der Waals surface area contributed by atoms with Crippen LogP contribution in [0.4, 0.5) is 28.4 Å². The molecule has 0 saturated carbocycles. The van der Waals surface area contributed by atoms with Crippen molar-refractivity contribution in [2.45, 2.75) is 0 Å². The summed E-state index contributed by atoms with van der Waals surface area (Å²) < 4.78 is 5.97.